The summed E-state index contributed by atoms with van der Waals surface area (Å²) in [5.74, 6) is 0.564. The van der Waals surface area contributed by atoms with Crippen LogP contribution in [0, 0.1) is 0 Å². The molecule has 2 nitrogen and oxygen atoms in total. The number of hydrogen-bond donors (Lipinski definition) is 2. The standard InChI is InChI=1S/C18H21NOS/c1-5-7-16-8-9-17(15(4)14(16)3)12-13(2)18(20)19-10-6-11-21/h5,7-9,12,21H,1-4,6,10-11H2,(H,19,20)/b16-7-,17-12-. The first-order valence-corrected chi connectivity index (χ1v) is 7.34. The van der Waals surface area contributed by atoms with E-state index in [1.807, 2.05) is 18.2 Å². The van der Waals surface area contributed by atoms with E-state index in [1.165, 1.54) is 0 Å². The molecule has 0 aromatic heterocycles. The minimum atomic E-state index is -0.177. The van der Waals surface area contributed by atoms with Gasteiger partial charge in [0.15, 0.2) is 0 Å². The summed E-state index contributed by atoms with van der Waals surface area (Å²) in [7, 11) is 0. The molecular weight excluding hydrogens is 278 g/mol. The van der Waals surface area contributed by atoms with E-state index >= 15 is 0 Å². The molecule has 0 spiro atoms. The maximum Gasteiger partial charge on any atom is 0.250 e. The van der Waals surface area contributed by atoms with Crippen LogP contribution in [0.4, 0.5) is 0 Å². The Morgan fingerprint density at radius 3 is 2.48 bits per heavy atom. The lowest BCUT2D eigenvalue weighted by molar-refractivity contribution is -0.117. The van der Waals surface area contributed by atoms with Gasteiger partial charge >= 0.3 is 0 Å². The molecule has 0 aliphatic carbocycles. The highest BCUT2D eigenvalue weighted by atomic mass is 32.1. The van der Waals surface area contributed by atoms with Crippen molar-refractivity contribution in [1.82, 2.24) is 5.32 Å². The maximum absolute atomic E-state index is 11.9. The number of hydrogen-bond acceptors (Lipinski definition) is 2. The smallest absolute Gasteiger partial charge is 0.250 e. The molecule has 1 aromatic rings. The largest absolute Gasteiger partial charge is 0.352 e. The molecule has 1 aromatic carbocycles. The third kappa shape index (κ3) is 4.80. The number of allylic oxidation sites excluding steroid dienone is 1. The number of nitrogens with one attached hydrogen (secondary N) is 1. The van der Waals surface area contributed by atoms with Crippen LogP contribution in [0.1, 0.15) is 6.42 Å². The van der Waals surface area contributed by atoms with Crippen LogP contribution in [0.25, 0.3) is 25.3 Å². The third-order valence-electron chi connectivity index (χ3n) is 3.04. The monoisotopic (exact) mass is 299 g/mol. The number of amides is 1. The zero-order valence-electron chi connectivity index (χ0n) is 12.2. The van der Waals surface area contributed by atoms with Crippen molar-refractivity contribution in [3.05, 3.63) is 57.8 Å². The number of carbonyl (C=O) groups excluding carboxylic acids is 1. The molecule has 0 saturated heterocycles. The summed E-state index contributed by atoms with van der Waals surface area (Å²) < 4.78 is 0. The molecule has 0 bridgehead atoms. The molecule has 3 heteroatoms. The molecular formula is C18H21NOS. The van der Waals surface area contributed by atoms with Gasteiger partial charge < -0.3 is 5.32 Å². The van der Waals surface area contributed by atoms with Crippen LogP contribution in [0.3, 0.4) is 0 Å². The summed E-state index contributed by atoms with van der Waals surface area (Å²) in [5.41, 5.74) is 0.402. The molecule has 110 valence electrons. The van der Waals surface area contributed by atoms with Crippen LogP contribution in [-0.2, 0) is 4.79 Å². The Labute approximate surface area is 131 Å². The molecule has 0 saturated carbocycles. The Morgan fingerprint density at radius 1 is 1.24 bits per heavy atom. The first-order valence-electron chi connectivity index (χ1n) is 6.70. The second-order valence-corrected chi connectivity index (χ2v) is 5.05. The quantitative estimate of drug-likeness (QED) is 0.440. The predicted molar refractivity (Wildman–Crippen MR) is 95.7 cm³/mol. The van der Waals surface area contributed by atoms with Gasteiger partial charge in [0.1, 0.15) is 0 Å². The Hall–Kier alpha value is -2.00. The fraction of sp³-hybridized carbons (Fsp3) is 0.167. The molecule has 0 aliphatic rings. The average molecular weight is 299 g/mol. The van der Waals surface area contributed by atoms with Crippen LogP contribution in [0.5, 0.6) is 0 Å². The summed E-state index contributed by atoms with van der Waals surface area (Å²) in [4.78, 5) is 11.9. The third-order valence-corrected chi connectivity index (χ3v) is 3.36. The van der Waals surface area contributed by atoms with Crippen molar-refractivity contribution >= 4 is 43.8 Å². The zero-order valence-corrected chi connectivity index (χ0v) is 13.1. The van der Waals surface area contributed by atoms with Crippen molar-refractivity contribution < 1.29 is 4.79 Å². The second kappa shape index (κ2) is 8.32. The number of carbonyl (C=O) groups is 1. The molecule has 0 aliphatic heterocycles. The van der Waals surface area contributed by atoms with E-state index < -0.39 is 0 Å². The van der Waals surface area contributed by atoms with Gasteiger partial charge in [-0.1, -0.05) is 50.6 Å². The fourth-order valence-electron chi connectivity index (χ4n) is 1.80. The summed E-state index contributed by atoms with van der Waals surface area (Å²) in [6, 6.07) is 3.83. The molecule has 1 N–H and O–H groups in total. The van der Waals surface area contributed by atoms with Crippen molar-refractivity contribution in [2.45, 2.75) is 6.42 Å². The van der Waals surface area contributed by atoms with E-state index in [0.717, 1.165) is 33.0 Å². The molecule has 0 unspecified atom stereocenters. The first-order chi connectivity index (χ1) is 10.0. The van der Waals surface area contributed by atoms with Crippen LogP contribution in [0.2, 0.25) is 0 Å². The topological polar surface area (TPSA) is 29.1 Å². The van der Waals surface area contributed by atoms with Crippen LogP contribution in [-0.4, -0.2) is 18.2 Å². The number of rotatable bonds is 6. The molecule has 0 fully saturated rings. The predicted octanol–water partition coefficient (Wildman–Crippen LogP) is 0.246. The summed E-state index contributed by atoms with van der Waals surface area (Å²) in [6.45, 7) is 16.1. The van der Waals surface area contributed by atoms with Crippen molar-refractivity contribution in [1.29, 1.82) is 0 Å². The molecule has 21 heavy (non-hydrogen) atoms. The average Bonchev–Trinajstić information content (AvgIpc) is 2.47. The molecule has 1 amide bonds. The number of benzene rings is 1. The van der Waals surface area contributed by atoms with Gasteiger partial charge in [0.25, 0.3) is 5.91 Å². The van der Waals surface area contributed by atoms with E-state index in [0.29, 0.717) is 12.1 Å². The summed E-state index contributed by atoms with van der Waals surface area (Å²) in [5, 5.41) is 6.22. The van der Waals surface area contributed by atoms with Gasteiger partial charge in [0, 0.05) is 12.1 Å². The van der Waals surface area contributed by atoms with E-state index in [1.54, 1.807) is 12.2 Å². The fourth-order valence-corrected chi connectivity index (χ4v) is 1.95. The second-order valence-electron chi connectivity index (χ2n) is 4.61. The SMILES string of the molecule is C=C/C=c1/cc/c(=C/C(=C)C(=O)NCCCS)c(=C)c1=C. The highest BCUT2D eigenvalue weighted by Gasteiger charge is 2.02. The van der Waals surface area contributed by atoms with E-state index in [-0.39, 0.29) is 5.91 Å². The molecule has 0 heterocycles. The van der Waals surface area contributed by atoms with Crippen molar-refractivity contribution in [3.8, 4) is 0 Å². The Kier molecular flexibility index (Phi) is 6.76. The van der Waals surface area contributed by atoms with Gasteiger partial charge in [-0.2, -0.15) is 12.6 Å². The van der Waals surface area contributed by atoms with Gasteiger partial charge in [-0.15, -0.1) is 0 Å². The van der Waals surface area contributed by atoms with Gasteiger partial charge in [-0.05, 0) is 39.1 Å². The van der Waals surface area contributed by atoms with E-state index in [2.05, 4.69) is 44.3 Å². The van der Waals surface area contributed by atoms with E-state index in [9.17, 15) is 4.79 Å². The van der Waals surface area contributed by atoms with Gasteiger partial charge in [0.05, 0.1) is 0 Å². The molecule has 1 rings (SSSR count). The van der Waals surface area contributed by atoms with Crippen molar-refractivity contribution in [3.63, 3.8) is 0 Å². The summed E-state index contributed by atoms with van der Waals surface area (Å²) in [6.07, 6.45) is 6.14. The highest BCUT2D eigenvalue weighted by Crippen LogP contribution is 1.91. The summed E-state index contributed by atoms with van der Waals surface area (Å²) >= 11 is 4.10. The van der Waals surface area contributed by atoms with Gasteiger partial charge in [0.2, 0.25) is 0 Å². The van der Waals surface area contributed by atoms with E-state index in [4.69, 9.17) is 0 Å². The molecule has 0 atom stereocenters. The lowest BCUT2D eigenvalue weighted by atomic mass is 10.1. The lowest BCUT2D eigenvalue weighted by Gasteiger charge is -2.03. The minimum absolute atomic E-state index is 0.177. The van der Waals surface area contributed by atoms with Gasteiger partial charge in [-0.25, -0.2) is 0 Å². The molecule has 0 radical (unpaired) electrons. The van der Waals surface area contributed by atoms with Crippen LogP contribution < -0.4 is 26.2 Å². The Morgan fingerprint density at radius 2 is 1.86 bits per heavy atom. The van der Waals surface area contributed by atoms with Crippen molar-refractivity contribution in [2.75, 3.05) is 12.3 Å². The van der Waals surface area contributed by atoms with Crippen LogP contribution >= 0.6 is 12.6 Å². The zero-order chi connectivity index (χ0) is 15.8. The Bertz CT molecular complexity index is 762. The van der Waals surface area contributed by atoms with Crippen LogP contribution in [0.15, 0.2) is 36.9 Å². The highest BCUT2D eigenvalue weighted by molar-refractivity contribution is 7.80. The normalized spacial score (nSPS) is 12.2. The lowest BCUT2D eigenvalue weighted by Crippen LogP contribution is -2.46. The maximum atomic E-state index is 11.9. The number of thiol groups is 1. The van der Waals surface area contributed by atoms with Crippen molar-refractivity contribution in [2.24, 2.45) is 0 Å². The first kappa shape index (κ1) is 17.1. The minimum Gasteiger partial charge on any atom is -0.352 e. The Balaban J connectivity index is 3.09. The van der Waals surface area contributed by atoms with Gasteiger partial charge in [-0.3, -0.25) is 4.79 Å².